The number of nitrogens with zero attached hydrogens (tertiary/aromatic N) is 4. The number of hydrogen-bond acceptors (Lipinski definition) is 7. The Bertz CT molecular complexity index is 1870. The molecular formula is C39H41F3N4O4S. The van der Waals surface area contributed by atoms with E-state index in [9.17, 15) is 32.7 Å². The first-order valence-electron chi connectivity index (χ1n) is 17.1. The smallest absolute Gasteiger partial charge is 0.416 e. The summed E-state index contributed by atoms with van der Waals surface area (Å²) in [6.45, 7) is 7.91. The molecule has 8 nitrogen and oxygen atoms in total. The minimum atomic E-state index is -4.36. The number of carboxylic acid groups (broad SMARTS) is 1. The van der Waals surface area contributed by atoms with Gasteiger partial charge in [0.1, 0.15) is 0 Å². The van der Waals surface area contributed by atoms with Gasteiger partial charge in [0.15, 0.2) is 11.6 Å². The van der Waals surface area contributed by atoms with Crippen LogP contribution in [-0.2, 0) is 27.6 Å². The van der Waals surface area contributed by atoms with Crippen molar-refractivity contribution < 1.29 is 32.7 Å². The van der Waals surface area contributed by atoms with Crippen LogP contribution < -0.4 is 4.90 Å². The molecule has 0 saturated carbocycles. The fourth-order valence-electron chi connectivity index (χ4n) is 6.68. The monoisotopic (exact) mass is 718 g/mol. The molecule has 0 radical (unpaired) electrons. The van der Waals surface area contributed by atoms with Gasteiger partial charge in [-0.3, -0.25) is 14.4 Å². The van der Waals surface area contributed by atoms with E-state index in [1.165, 1.54) is 28.4 Å². The summed E-state index contributed by atoms with van der Waals surface area (Å²) in [5, 5.41) is 9.31. The third kappa shape index (κ3) is 8.49. The van der Waals surface area contributed by atoms with Crippen LogP contribution in [0, 0.1) is 11.8 Å². The highest BCUT2D eigenvalue weighted by Gasteiger charge is 2.39. The first kappa shape index (κ1) is 36.2. The molecular weight excluding hydrogens is 678 g/mol. The zero-order chi connectivity index (χ0) is 36.5. The van der Waals surface area contributed by atoms with E-state index in [0.717, 1.165) is 40.6 Å². The normalized spacial score (nSPS) is 16.5. The van der Waals surface area contributed by atoms with E-state index in [1.807, 2.05) is 36.4 Å². The summed E-state index contributed by atoms with van der Waals surface area (Å²) < 4.78 is 39.6. The molecule has 12 heteroatoms. The maximum atomic E-state index is 13.5. The molecule has 51 heavy (non-hydrogen) atoms. The maximum absolute atomic E-state index is 13.5. The number of carbonyl (C=O) groups excluding carboxylic acids is 2. The van der Waals surface area contributed by atoms with Crippen LogP contribution in [0.25, 0.3) is 11.4 Å². The lowest BCUT2D eigenvalue weighted by Gasteiger charge is -2.38. The van der Waals surface area contributed by atoms with Crippen molar-refractivity contribution in [1.29, 1.82) is 0 Å². The Labute approximate surface area is 299 Å². The molecule has 2 fully saturated rings. The van der Waals surface area contributed by atoms with Crippen molar-refractivity contribution in [1.82, 2.24) is 14.9 Å². The summed E-state index contributed by atoms with van der Waals surface area (Å²) in [4.78, 5) is 52.8. The molecule has 4 heterocycles. The molecule has 2 saturated heterocycles. The molecule has 2 aromatic heterocycles. The standard InChI is InChI=1S/C39H41F3N4O4S/c1-38(2,3)34-12-11-33(51-34)32(47)19-28(36(48)46-22-29(23-46)37(49)50)17-24-7-9-26(10-8-24)35-43-20-31(21-44-35)45-15-13-25(14-16-45)27-5-4-6-30(18-27)39(40,41)42/h4-12,18,20-21,25,28-29H,13-17,19,22-23H2,1-3H3,(H,49,50)/t28-/m1/s1. The molecule has 1 amide bonds. The molecule has 268 valence electrons. The molecule has 2 aromatic carbocycles. The summed E-state index contributed by atoms with van der Waals surface area (Å²) in [5.41, 5.74) is 2.50. The van der Waals surface area contributed by atoms with Crippen LogP contribution in [0.2, 0.25) is 0 Å². The number of amides is 1. The van der Waals surface area contributed by atoms with Gasteiger partial charge in [-0.15, -0.1) is 11.3 Å². The van der Waals surface area contributed by atoms with Crippen LogP contribution >= 0.6 is 11.3 Å². The fourth-order valence-corrected chi connectivity index (χ4v) is 7.70. The minimum Gasteiger partial charge on any atom is -0.481 e. The average molecular weight is 719 g/mol. The van der Waals surface area contributed by atoms with Crippen LogP contribution in [-0.4, -0.2) is 63.8 Å². The van der Waals surface area contributed by atoms with Crippen LogP contribution in [0.1, 0.15) is 77.2 Å². The number of anilines is 1. The Balaban J connectivity index is 1.09. The lowest BCUT2D eigenvalue weighted by atomic mass is 9.88. The molecule has 6 rings (SSSR count). The molecule has 0 unspecified atom stereocenters. The van der Waals surface area contributed by atoms with Gasteiger partial charge in [0, 0.05) is 49.0 Å². The number of alkyl halides is 3. The number of aromatic nitrogens is 2. The maximum Gasteiger partial charge on any atom is 0.416 e. The third-order valence-electron chi connectivity index (χ3n) is 9.82. The zero-order valence-electron chi connectivity index (χ0n) is 28.8. The third-order valence-corrected chi connectivity index (χ3v) is 11.4. The zero-order valence-corrected chi connectivity index (χ0v) is 29.6. The fraction of sp³-hybridized carbons (Fsp3) is 0.410. The van der Waals surface area contributed by atoms with Crippen molar-refractivity contribution in [3.8, 4) is 11.4 Å². The topological polar surface area (TPSA) is 104 Å². The van der Waals surface area contributed by atoms with E-state index < -0.39 is 29.5 Å². The predicted molar refractivity (Wildman–Crippen MR) is 190 cm³/mol. The number of halogens is 3. The number of carbonyl (C=O) groups is 3. The van der Waals surface area contributed by atoms with Crippen molar-refractivity contribution in [2.24, 2.45) is 11.8 Å². The quantitative estimate of drug-likeness (QED) is 0.167. The number of rotatable bonds is 10. The Hall–Kier alpha value is -4.58. The van der Waals surface area contributed by atoms with Crippen molar-refractivity contribution in [3.05, 3.63) is 99.5 Å². The molecule has 1 N–H and O–H groups in total. The second kappa shape index (κ2) is 14.6. The second-order valence-electron chi connectivity index (χ2n) is 14.6. The number of aliphatic carboxylic acids is 1. The summed E-state index contributed by atoms with van der Waals surface area (Å²) in [6, 6.07) is 17.0. The average Bonchev–Trinajstić information content (AvgIpc) is 3.59. The molecule has 2 aliphatic heterocycles. The van der Waals surface area contributed by atoms with E-state index in [-0.39, 0.29) is 42.5 Å². The first-order valence-corrected chi connectivity index (χ1v) is 18.0. The first-order chi connectivity index (χ1) is 24.2. The number of hydrogen-bond donors (Lipinski definition) is 1. The van der Waals surface area contributed by atoms with Crippen LogP contribution in [0.5, 0.6) is 0 Å². The van der Waals surface area contributed by atoms with Gasteiger partial charge >= 0.3 is 12.1 Å². The Morgan fingerprint density at radius 2 is 1.61 bits per heavy atom. The van der Waals surface area contributed by atoms with E-state index in [1.54, 1.807) is 18.5 Å². The van der Waals surface area contributed by atoms with Crippen molar-refractivity contribution in [2.75, 3.05) is 31.1 Å². The number of thiophene rings is 1. The molecule has 1 atom stereocenters. The summed E-state index contributed by atoms with van der Waals surface area (Å²) in [6.07, 6.45) is 0.962. The van der Waals surface area contributed by atoms with Gasteiger partial charge < -0.3 is 14.9 Å². The number of benzene rings is 2. The van der Waals surface area contributed by atoms with E-state index in [4.69, 9.17) is 0 Å². The van der Waals surface area contributed by atoms with Gasteiger partial charge in [-0.25, -0.2) is 9.97 Å². The molecule has 4 aromatic rings. The van der Waals surface area contributed by atoms with Crippen LogP contribution in [0.3, 0.4) is 0 Å². The largest absolute Gasteiger partial charge is 0.481 e. The van der Waals surface area contributed by atoms with Gasteiger partial charge in [0.25, 0.3) is 0 Å². The molecule has 0 aliphatic carbocycles. The predicted octanol–water partition coefficient (Wildman–Crippen LogP) is 7.88. The van der Waals surface area contributed by atoms with Crippen molar-refractivity contribution in [2.45, 2.75) is 64.0 Å². The SMILES string of the molecule is CC(C)(C)c1ccc(C(=O)C[C@@H](Cc2ccc(-c3ncc(N4CCC(c5cccc(C(F)(F)F)c5)CC4)cn3)cc2)C(=O)N2CC(C(=O)O)C2)s1. The van der Waals surface area contributed by atoms with E-state index in [0.29, 0.717) is 35.8 Å². The Kier molecular flexibility index (Phi) is 10.3. The number of Topliss-reactive ketones (excluding diaryl/α,β-unsaturated/α-hetero) is 1. The van der Waals surface area contributed by atoms with E-state index in [2.05, 4.69) is 35.6 Å². The van der Waals surface area contributed by atoms with E-state index >= 15 is 0 Å². The van der Waals surface area contributed by atoms with Crippen LogP contribution in [0.15, 0.2) is 73.1 Å². The lowest BCUT2D eigenvalue weighted by Crippen LogP contribution is -2.55. The molecule has 2 aliphatic rings. The Morgan fingerprint density at radius 3 is 2.20 bits per heavy atom. The number of likely N-dealkylation sites (tertiary alicyclic amines) is 1. The Morgan fingerprint density at radius 1 is 0.941 bits per heavy atom. The molecule has 0 spiro atoms. The van der Waals surface area contributed by atoms with Gasteiger partial charge in [-0.1, -0.05) is 63.2 Å². The highest BCUT2D eigenvalue weighted by atomic mass is 32.1. The number of carboxylic acids is 1. The number of piperidine rings is 1. The van der Waals surface area contributed by atoms with Gasteiger partial charge in [0.05, 0.1) is 34.4 Å². The second-order valence-corrected chi connectivity index (χ2v) is 15.7. The highest BCUT2D eigenvalue weighted by Crippen LogP contribution is 2.36. The summed E-state index contributed by atoms with van der Waals surface area (Å²) in [7, 11) is 0. The highest BCUT2D eigenvalue weighted by molar-refractivity contribution is 7.14. The molecule has 0 bridgehead atoms. The van der Waals surface area contributed by atoms with Gasteiger partial charge in [0.2, 0.25) is 5.91 Å². The van der Waals surface area contributed by atoms with Gasteiger partial charge in [-0.05, 0) is 59.9 Å². The van der Waals surface area contributed by atoms with Crippen molar-refractivity contribution >= 4 is 34.7 Å². The minimum absolute atomic E-state index is 0.0285. The lowest BCUT2D eigenvalue weighted by molar-refractivity contribution is -0.154. The number of ketones is 1. The van der Waals surface area contributed by atoms with Crippen LogP contribution in [0.4, 0.5) is 18.9 Å². The summed E-state index contributed by atoms with van der Waals surface area (Å²) >= 11 is 1.45. The van der Waals surface area contributed by atoms with Crippen molar-refractivity contribution in [3.63, 3.8) is 0 Å². The van der Waals surface area contributed by atoms with Gasteiger partial charge in [-0.2, -0.15) is 13.2 Å². The summed E-state index contributed by atoms with van der Waals surface area (Å²) in [5.74, 6) is -1.88.